The summed E-state index contributed by atoms with van der Waals surface area (Å²) < 4.78 is 10.3. The number of hydrogen-bond acceptors (Lipinski definition) is 4. The van der Waals surface area contributed by atoms with Gasteiger partial charge in [0.05, 0.1) is 22.2 Å². The highest BCUT2D eigenvalue weighted by Crippen LogP contribution is 2.42. The molecule has 0 aliphatic heterocycles. The first kappa shape index (κ1) is 29.7. The molecule has 45 heavy (non-hydrogen) atoms. The van der Waals surface area contributed by atoms with Crippen molar-refractivity contribution >= 4 is 44.5 Å². The molecule has 5 aromatic rings. The molecule has 0 unspecified atom stereocenters. The summed E-state index contributed by atoms with van der Waals surface area (Å²) in [7, 11) is 0. The van der Waals surface area contributed by atoms with Crippen molar-refractivity contribution in [2.75, 3.05) is 0 Å². The summed E-state index contributed by atoms with van der Waals surface area (Å²) in [6, 6.07) is 24.8. The Labute approximate surface area is 262 Å². The molecule has 0 radical (unpaired) electrons. The number of benzene rings is 3. The quantitative estimate of drug-likeness (QED) is 0.137. The van der Waals surface area contributed by atoms with E-state index in [4.69, 9.17) is 4.74 Å². The fourth-order valence-corrected chi connectivity index (χ4v) is 5.94. The number of rotatable bonds is 9. The predicted octanol–water partition coefficient (Wildman–Crippen LogP) is 8.49. The zero-order valence-electron chi connectivity index (χ0n) is 26.0. The first-order valence-electron chi connectivity index (χ1n) is 14.9. The van der Waals surface area contributed by atoms with Gasteiger partial charge in [-0.3, -0.25) is 9.59 Å². The number of para-hydroxylation sites is 2. The number of nitrogens with zero attached hydrogens (tertiary/aromatic N) is 2. The molecule has 6 rings (SSSR count). The molecule has 1 N–H and O–H groups in total. The number of aliphatic hydroxyl groups excluding tert-OH is 1. The Bertz CT molecular complexity index is 2080. The van der Waals surface area contributed by atoms with Gasteiger partial charge in [-0.15, -0.1) is 13.2 Å². The van der Waals surface area contributed by atoms with Gasteiger partial charge in [0, 0.05) is 45.3 Å². The van der Waals surface area contributed by atoms with Crippen LogP contribution in [-0.4, -0.2) is 25.8 Å². The molecule has 0 atom stereocenters. The number of carbonyl (C=O) groups excluding carboxylic acids is 2. The molecular weight excluding hydrogens is 560 g/mol. The van der Waals surface area contributed by atoms with Gasteiger partial charge in [0.1, 0.15) is 6.61 Å². The Morgan fingerprint density at radius 2 is 1.16 bits per heavy atom. The van der Waals surface area contributed by atoms with Crippen molar-refractivity contribution < 1.29 is 19.4 Å². The van der Waals surface area contributed by atoms with Crippen LogP contribution in [0.3, 0.4) is 0 Å². The molecule has 0 bridgehead atoms. The third-order valence-electron chi connectivity index (χ3n) is 8.77. The Balaban J connectivity index is 1.60. The Morgan fingerprint density at radius 1 is 0.689 bits per heavy atom. The molecule has 3 aromatic carbocycles. The van der Waals surface area contributed by atoms with Crippen LogP contribution < -0.4 is 0 Å². The highest BCUT2D eigenvalue weighted by molar-refractivity contribution is 6.48. The summed E-state index contributed by atoms with van der Waals surface area (Å²) in [4.78, 5) is 29.0. The summed E-state index contributed by atoms with van der Waals surface area (Å²) >= 11 is 0. The van der Waals surface area contributed by atoms with Gasteiger partial charge in [0.2, 0.25) is 11.6 Å². The fourth-order valence-electron chi connectivity index (χ4n) is 5.94. The van der Waals surface area contributed by atoms with Crippen LogP contribution in [0.4, 0.5) is 0 Å². The minimum Gasteiger partial charge on any atom is -0.504 e. The van der Waals surface area contributed by atoms with Crippen molar-refractivity contribution in [2.45, 2.75) is 45.4 Å². The first-order chi connectivity index (χ1) is 21.5. The second kappa shape index (κ2) is 11.0. The molecule has 0 spiro atoms. The number of hydrogen-bond donors (Lipinski definition) is 1. The second-order valence-corrected chi connectivity index (χ2v) is 12.4. The van der Waals surface area contributed by atoms with E-state index in [-0.39, 0.29) is 23.5 Å². The van der Waals surface area contributed by atoms with E-state index in [2.05, 4.69) is 13.2 Å². The van der Waals surface area contributed by atoms with Crippen LogP contribution in [0.2, 0.25) is 0 Å². The maximum absolute atomic E-state index is 14.6. The SMILES string of the molecule is C=CC(C)(C)n1cc(C2=C(O)C(=O)C(c3cn(C(C)(C)C=C)c4ccccc34)=C(OCc3ccccc3)C2=O)c2ccccc21. The van der Waals surface area contributed by atoms with Gasteiger partial charge >= 0.3 is 0 Å². The minimum atomic E-state index is -0.674. The maximum atomic E-state index is 14.6. The van der Waals surface area contributed by atoms with Gasteiger partial charge in [0.15, 0.2) is 11.5 Å². The molecule has 0 saturated heterocycles. The number of ketones is 2. The van der Waals surface area contributed by atoms with Crippen molar-refractivity contribution in [1.82, 2.24) is 9.13 Å². The van der Waals surface area contributed by atoms with Gasteiger partial charge in [0.25, 0.3) is 0 Å². The molecule has 2 aromatic heterocycles. The molecule has 0 saturated carbocycles. The molecular formula is C39H36N2O4. The summed E-state index contributed by atoms with van der Waals surface area (Å²) in [5, 5.41) is 13.2. The van der Waals surface area contributed by atoms with Crippen LogP contribution in [0, 0.1) is 0 Å². The third kappa shape index (κ3) is 4.83. The number of aromatic nitrogens is 2. The van der Waals surface area contributed by atoms with Gasteiger partial charge < -0.3 is 19.0 Å². The van der Waals surface area contributed by atoms with Crippen LogP contribution >= 0.6 is 0 Å². The molecule has 1 aliphatic rings. The summed E-state index contributed by atoms with van der Waals surface area (Å²) in [6.07, 6.45) is 7.29. The van der Waals surface area contributed by atoms with E-state index in [0.29, 0.717) is 11.1 Å². The highest BCUT2D eigenvalue weighted by Gasteiger charge is 2.40. The smallest absolute Gasteiger partial charge is 0.232 e. The normalized spacial score (nSPS) is 14.5. The minimum absolute atomic E-state index is 0.0298. The Kier molecular flexibility index (Phi) is 7.24. The lowest BCUT2D eigenvalue weighted by atomic mass is 9.86. The number of Topliss-reactive ketones (excluding diaryl/α,β-unsaturated/α-hetero) is 2. The van der Waals surface area contributed by atoms with Gasteiger partial charge in [-0.25, -0.2) is 0 Å². The van der Waals surface area contributed by atoms with Gasteiger partial charge in [-0.05, 0) is 45.4 Å². The summed E-state index contributed by atoms with van der Waals surface area (Å²) in [5.74, 6) is -1.94. The lowest BCUT2D eigenvalue weighted by Crippen LogP contribution is -2.25. The third-order valence-corrected chi connectivity index (χ3v) is 8.77. The summed E-state index contributed by atoms with van der Waals surface area (Å²) in [5.41, 5.74) is 2.42. The molecule has 0 fully saturated rings. The Hall–Kier alpha value is -5.36. The van der Waals surface area contributed by atoms with Crippen molar-refractivity contribution in [2.24, 2.45) is 0 Å². The monoisotopic (exact) mass is 596 g/mol. The number of fused-ring (bicyclic) bond motifs is 2. The average Bonchev–Trinajstić information content (AvgIpc) is 3.63. The van der Waals surface area contributed by atoms with E-state index in [9.17, 15) is 14.7 Å². The predicted molar refractivity (Wildman–Crippen MR) is 181 cm³/mol. The zero-order chi connectivity index (χ0) is 32.1. The molecule has 1 aliphatic carbocycles. The fraction of sp³-hybridized carbons (Fsp3) is 0.179. The number of aliphatic hydroxyl groups is 1. The van der Waals surface area contributed by atoms with Gasteiger partial charge in [-0.2, -0.15) is 0 Å². The van der Waals surface area contributed by atoms with E-state index in [1.165, 1.54) is 0 Å². The maximum Gasteiger partial charge on any atom is 0.232 e. The van der Waals surface area contributed by atoms with Crippen LogP contribution in [0.5, 0.6) is 0 Å². The number of ether oxygens (including phenoxy) is 1. The zero-order valence-corrected chi connectivity index (χ0v) is 26.0. The Morgan fingerprint density at radius 3 is 1.67 bits per heavy atom. The molecule has 6 nitrogen and oxygen atoms in total. The molecule has 226 valence electrons. The summed E-state index contributed by atoms with van der Waals surface area (Å²) in [6.45, 7) is 16.1. The van der Waals surface area contributed by atoms with Crippen molar-refractivity contribution in [3.63, 3.8) is 0 Å². The van der Waals surface area contributed by atoms with Crippen LogP contribution in [-0.2, 0) is 32.0 Å². The van der Waals surface area contributed by atoms with Gasteiger partial charge in [-0.1, -0.05) is 78.9 Å². The topological polar surface area (TPSA) is 73.5 Å². The van der Waals surface area contributed by atoms with E-state index in [0.717, 1.165) is 27.4 Å². The molecule has 6 heteroatoms. The second-order valence-electron chi connectivity index (χ2n) is 12.4. The van der Waals surface area contributed by atoms with Crippen molar-refractivity contribution in [1.29, 1.82) is 0 Å². The lowest BCUT2D eigenvalue weighted by molar-refractivity contribution is -0.117. The van der Waals surface area contributed by atoms with Crippen LogP contribution in [0.25, 0.3) is 33.0 Å². The van der Waals surface area contributed by atoms with E-state index in [1.807, 2.05) is 134 Å². The lowest BCUT2D eigenvalue weighted by Gasteiger charge is -2.24. The highest BCUT2D eigenvalue weighted by atomic mass is 16.5. The van der Waals surface area contributed by atoms with Crippen molar-refractivity contribution in [3.05, 3.63) is 145 Å². The number of carbonyl (C=O) groups is 2. The van der Waals surface area contributed by atoms with E-state index >= 15 is 0 Å². The first-order valence-corrected chi connectivity index (χ1v) is 14.9. The van der Waals surface area contributed by atoms with E-state index in [1.54, 1.807) is 6.20 Å². The van der Waals surface area contributed by atoms with Crippen molar-refractivity contribution in [3.8, 4) is 0 Å². The standard InChI is InChI=1S/C39H36N2O4/c1-7-38(3,4)40-22-28(26-18-12-14-20-30(26)40)32-34(42)35(43)33(37(36(32)44)45-24-25-16-10-9-11-17-25)29-23-41(39(5,6)8-2)31-21-15-13-19-27(29)31/h7-23,42H,1-2,24H2,3-6H3. The van der Waals surface area contributed by atoms with Crippen LogP contribution in [0.1, 0.15) is 44.4 Å². The van der Waals surface area contributed by atoms with Crippen LogP contribution in [0.15, 0.2) is 128 Å². The molecule has 0 amide bonds. The van der Waals surface area contributed by atoms with E-state index < -0.39 is 28.4 Å². The average molecular weight is 597 g/mol. The largest absolute Gasteiger partial charge is 0.504 e. The molecule has 2 heterocycles. The number of allylic oxidation sites excluding steroid dienone is 4.